The quantitative estimate of drug-likeness (QED) is 0.787. The van der Waals surface area contributed by atoms with Crippen molar-refractivity contribution in [1.82, 2.24) is 25.3 Å². The zero-order chi connectivity index (χ0) is 14.8. The molecule has 0 spiro atoms. The molecule has 3 rings (SSSR count). The van der Waals surface area contributed by atoms with Gasteiger partial charge in [-0.25, -0.2) is 0 Å². The zero-order valence-corrected chi connectivity index (χ0v) is 12.3. The lowest BCUT2D eigenvalue weighted by atomic mass is 10.1. The number of aromatic amines is 1. The first-order valence-corrected chi connectivity index (χ1v) is 7.49. The maximum atomic E-state index is 12.6. The van der Waals surface area contributed by atoms with Crippen molar-refractivity contribution >= 4 is 11.8 Å². The molecule has 7 nitrogen and oxygen atoms in total. The number of rotatable bonds is 2. The van der Waals surface area contributed by atoms with E-state index in [1.165, 1.54) is 0 Å². The van der Waals surface area contributed by atoms with E-state index in [1.54, 1.807) is 11.0 Å². The van der Waals surface area contributed by atoms with Gasteiger partial charge in [-0.3, -0.25) is 14.7 Å². The molecule has 1 atom stereocenters. The maximum Gasteiger partial charge on any atom is 0.275 e. The second-order valence-corrected chi connectivity index (χ2v) is 5.67. The molecule has 0 bridgehead atoms. The number of aryl methyl sites for hydroxylation is 1. The third-order valence-electron chi connectivity index (χ3n) is 4.15. The topological polar surface area (TPSA) is 81.3 Å². The summed E-state index contributed by atoms with van der Waals surface area (Å²) in [4.78, 5) is 28.7. The number of amides is 2. The summed E-state index contributed by atoms with van der Waals surface area (Å²) in [6.45, 7) is 5.58. The van der Waals surface area contributed by atoms with Crippen molar-refractivity contribution in [2.24, 2.45) is 0 Å². The Bertz CT molecular complexity index is 535. The van der Waals surface area contributed by atoms with Gasteiger partial charge >= 0.3 is 0 Å². The summed E-state index contributed by atoms with van der Waals surface area (Å²) >= 11 is 0. The van der Waals surface area contributed by atoms with Crippen molar-refractivity contribution in [2.75, 3.05) is 32.7 Å². The molecule has 114 valence electrons. The molecule has 21 heavy (non-hydrogen) atoms. The minimum atomic E-state index is -0.326. The molecule has 0 aliphatic carbocycles. The van der Waals surface area contributed by atoms with Crippen molar-refractivity contribution in [3.05, 3.63) is 17.5 Å². The van der Waals surface area contributed by atoms with Crippen LogP contribution < -0.4 is 5.32 Å². The van der Waals surface area contributed by atoms with Crippen LogP contribution in [0.4, 0.5) is 0 Å². The summed E-state index contributed by atoms with van der Waals surface area (Å²) in [5.74, 6) is -0.0695. The van der Waals surface area contributed by atoms with Gasteiger partial charge in [-0.1, -0.05) is 0 Å². The van der Waals surface area contributed by atoms with Crippen molar-refractivity contribution in [3.8, 4) is 0 Å². The number of piperazine rings is 1. The van der Waals surface area contributed by atoms with Gasteiger partial charge in [-0.2, -0.15) is 5.10 Å². The van der Waals surface area contributed by atoms with Gasteiger partial charge in [0.1, 0.15) is 11.7 Å². The average Bonchev–Trinajstić information content (AvgIpc) is 3.15. The standard InChI is InChI=1S/C14H21N5O2/c1-10-9-11(17-16-10)13(20)19-6-2-3-12(19)14(21)18-7-4-15-5-8-18/h9,12,15H,2-8H2,1H3,(H,16,17). The highest BCUT2D eigenvalue weighted by Crippen LogP contribution is 2.22. The maximum absolute atomic E-state index is 12.6. The Morgan fingerprint density at radius 3 is 2.71 bits per heavy atom. The van der Waals surface area contributed by atoms with E-state index in [2.05, 4.69) is 15.5 Å². The second kappa shape index (κ2) is 5.85. The minimum absolute atomic E-state index is 0.0783. The second-order valence-electron chi connectivity index (χ2n) is 5.67. The lowest BCUT2D eigenvalue weighted by molar-refractivity contribution is -0.135. The van der Waals surface area contributed by atoms with Crippen LogP contribution in [0.25, 0.3) is 0 Å². The van der Waals surface area contributed by atoms with Gasteiger partial charge < -0.3 is 15.1 Å². The zero-order valence-electron chi connectivity index (χ0n) is 12.3. The van der Waals surface area contributed by atoms with E-state index in [-0.39, 0.29) is 17.9 Å². The lowest BCUT2D eigenvalue weighted by Crippen LogP contribution is -2.53. The number of H-pyrrole nitrogens is 1. The van der Waals surface area contributed by atoms with E-state index in [0.29, 0.717) is 12.2 Å². The van der Waals surface area contributed by atoms with Crippen molar-refractivity contribution < 1.29 is 9.59 Å². The first kappa shape index (κ1) is 14.1. The van der Waals surface area contributed by atoms with E-state index < -0.39 is 0 Å². The predicted molar refractivity (Wildman–Crippen MR) is 76.8 cm³/mol. The molecule has 1 aromatic heterocycles. The van der Waals surface area contributed by atoms with Crippen LogP contribution >= 0.6 is 0 Å². The lowest BCUT2D eigenvalue weighted by Gasteiger charge is -2.32. The number of nitrogens with one attached hydrogen (secondary N) is 2. The Kier molecular flexibility index (Phi) is 3.92. The number of hydrogen-bond acceptors (Lipinski definition) is 4. The molecule has 2 aliphatic rings. The van der Waals surface area contributed by atoms with E-state index in [0.717, 1.165) is 44.7 Å². The fourth-order valence-corrected chi connectivity index (χ4v) is 3.04. The molecule has 2 saturated heterocycles. The third kappa shape index (κ3) is 2.78. The van der Waals surface area contributed by atoms with Gasteiger partial charge in [-0.15, -0.1) is 0 Å². The molecule has 0 saturated carbocycles. The summed E-state index contributed by atoms with van der Waals surface area (Å²) in [5.41, 5.74) is 1.25. The average molecular weight is 291 g/mol. The molecule has 0 radical (unpaired) electrons. The Morgan fingerprint density at radius 1 is 1.29 bits per heavy atom. The molecular formula is C14H21N5O2. The number of carbonyl (C=O) groups is 2. The van der Waals surface area contributed by atoms with Gasteiger partial charge in [0.2, 0.25) is 5.91 Å². The fraction of sp³-hybridized carbons (Fsp3) is 0.643. The van der Waals surface area contributed by atoms with Crippen molar-refractivity contribution in [2.45, 2.75) is 25.8 Å². The number of carbonyl (C=O) groups excluding carboxylic acids is 2. The fourth-order valence-electron chi connectivity index (χ4n) is 3.04. The minimum Gasteiger partial charge on any atom is -0.338 e. The molecule has 2 aliphatic heterocycles. The Labute approximate surface area is 123 Å². The third-order valence-corrected chi connectivity index (χ3v) is 4.15. The van der Waals surface area contributed by atoms with Gasteiger partial charge in [0, 0.05) is 38.4 Å². The molecule has 3 heterocycles. The monoisotopic (exact) mass is 291 g/mol. The Morgan fingerprint density at radius 2 is 2.05 bits per heavy atom. The highest BCUT2D eigenvalue weighted by atomic mass is 16.2. The van der Waals surface area contributed by atoms with Crippen LogP contribution in [0.5, 0.6) is 0 Å². The van der Waals surface area contributed by atoms with Crippen LogP contribution in [-0.4, -0.2) is 70.6 Å². The first-order chi connectivity index (χ1) is 10.2. The summed E-state index contributed by atoms with van der Waals surface area (Å²) < 4.78 is 0. The van der Waals surface area contributed by atoms with Crippen LogP contribution in [0.15, 0.2) is 6.07 Å². The normalized spacial score (nSPS) is 22.6. The molecule has 1 aromatic rings. The number of nitrogens with zero attached hydrogens (tertiary/aromatic N) is 3. The largest absolute Gasteiger partial charge is 0.338 e. The van der Waals surface area contributed by atoms with Gasteiger partial charge in [0.05, 0.1) is 0 Å². The highest BCUT2D eigenvalue weighted by molar-refractivity contribution is 5.96. The van der Waals surface area contributed by atoms with Crippen LogP contribution in [-0.2, 0) is 4.79 Å². The van der Waals surface area contributed by atoms with Crippen LogP contribution in [0.2, 0.25) is 0 Å². The van der Waals surface area contributed by atoms with E-state index in [9.17, 15) is 9.59 Å². The van der Waals surface area contributed by atoms with E-state index in [4.69, 9.17) is 0 Å². The number of hydrogen-bond donors (Lipinski definition) is 2. The van der Waals surface area contributed by atoms with Crippen molar-refractivity contribution in [3.63, 3.8) is 0 Å². The summed E-state index contributed by atoms with van der Waals surface area (Å²) in [7, 11) is 0. The summed E-state index contributed by atoms with van der Waals surface area (Å²) in [6, 6.07) is 1.40. The molecular weight excluding hydrogens is 270 g/mol. The summed E-state index contributed by atoms with van der Waals surface area (Å²) in [5, 5.41) is 10.0. The molecule has 7 heteroatoms. The molecule has 0 aromatic carbocycles. The van der Waals surface area contributed by atoms with Gasteiger partial charge in [-0.05, 0) is 25.8 Å². The smallest absolute Gasteiger partial charge is 0.275 e. The predicted octanol–water partition coefficient (Wildman–Crippen LogP) is -0.245. The van der Waals surface area contributed by atoms with Gasteiger partial charge in [0.15, 0.2) is 0 Å². The molecule has 2 fully saturated rings. The van der Waals surface area contributed by atoms with E-state index >= 15 is 0 Å². The highest BCUT2D eigenvalue weighted by Gasteiger charge is 2.37. The van der Waals surface area contributed by atoms with E-state index in [1.807, 2.05) is 11.8 Å². The first-order valence-electron chi connectivity index (χ1n) is 7.49. The molecule has 2 N–H and O–H groups in total. The number of aromatic nitrogens is 2. The van der Waals surface area contributed by atoms with Crippen molar-refractivity contribution in [1.29, 1.82) is 0 Å². The van der Waals surface area contributed by atoms with Crippen LogP contribution in [0.3, 0.4) is 0 Å². The molecule has 2 amide bonds. The summed E-state index contributed by atoms with van der Waals surface area (Å²) in [6.07, 6.45) is 1.62. The Balaban J connectivity index is 1.72. The van der Waals surface area contributed by atoms with Crippen LogP contribution in [0, 0.1) is 6.92 Å². The van der Waals surface area contributed by atoms with Gasteiger partial charge in [0.25, 0.3) is 5.91 Å². The Hall–Kier alpha value is -1.89. The van der Waals surface area contributed by atoms with Crippen LogP contribution in [0.1, 0.15) is 29.0 Å². The number of likely N-dealkylation sites (tertiary alicyclic amines) is 1. The SMILES string of the molecule is Cc1cc(C(=O)N2CCCC2C(=O)N2CCNCC2)n[nH]1. The molecule has 1 unspecified atom stereocenters.